The minimum Gasteiger partial charge on any atom is -0.481 e. The van der Waals surface area contributed by atoms with Crippen molar-refractivity contribution in [3.63, 3.8) is 0 Å². The molecule has 116 valence electrons. The zero-order chi connectivity index (χ0) is 16.2. The van der Waals surface area contributed by atoms with E-state index in [1.165, 1.54) is 0 Å². The van der Waals surface area contributed by atoms with Crippen molar-refractivity contribution in [2.75, 3.05) is 5.32 Å². The first kappa shape index (κ1) is 17.3. The number of aliphatic carboxylic acids is 1. The highest BCUT2D eigenvalue weighted by molar-refractivity contribution is 6.31. The van der Waals surface area contributed by atoms with Crippen molar-refractivity contribution in [1.82, 2.24) is 0 Å². The lowest BCUT2D eigenvalue weighted by Crippen LogP contribution is -2.27. The molecule has 0 aliphatic carbocycles. The highest BCUT2D eigenvalue weighted by Crippen LogP contribution is 2.27. The maximum absolute atomic E-state index is 11.7. The Morgan fingerprint density at radius 3 is 2.57 bits per heavy atom. The smallest absolute Gasteiger partial charge is 0.412 e. The molecular formula is C14H19ClN2O4. The van der Waals surface area contributed by atoms with Crippen molar-refractivity contribution in [3.8, 4) is 0 Å². The summed E-state index contributed by atoms with van der Waals surface area (Å²) in [5, 5.41) is 11.7. The number of ether oxygens (including phenoxy) is 1. The van der Waals surface area contributed by atoms with E-state index in [4.69, 9.17) is 27.2 Å². The average molecular weight is 315 g/mol. The van der Waals surface area contributed by atoms with Crippen molar-refractivity contribution >= 4 is 29.4 Å². The quantitative estimate of drug-likeness (QED) is 0.792. The fraction of sp³-hybridized carbons (Fsp3) is 0.429. The molecule has 1 unspecified atom stereocenters. The second kappa shape index (κ2) is 6.78. The van der Waals surface area contributed by atoms with Crippen LogP contribution in [0.2, 0.25) is 5.02 Å². The van der Waals surface area contributed by atoms with E-state index in [1.807, 2.05) is 0 Å². The van der Waals surface area contributed by atoms with Crippen LogP contribution in [-0.4, -0.2) is 22.8 Å². The molecule has 0 spiro atoms. The standard InChI is InChI=1S/C14H19ClN2O4/c1-14(2,3)21-13(20)17-8-4-5-10(15)9(6-8)11(16)7-12(18)19/h4-6,11H,7,16H2,1-3H3,(H,17,20)(H,18,19). The molecule has 0 fully saturated rings. The Morgan fingerprint density at radius 1 is 1.43 bits per heavy atom. The maximum atomic E-state index is 11.7. The number of carboxylic acid groups (broad SMARTS) is 1. The summed E-state index contributed by atoms with van der Waals surface area (Å²) in [5.74, 6) is -1.02. The van der Waals surface area contributed by atoms with Gasteiger partial charge in [0.1, 0.15) is 5.60 Å². The molecule has 0 heterocycles. The molecule has 0 radical (unpaired) electrons. The molecule has 1 atom stereocenters. The first-order valence-corrected chi connectivity index (χ1v) is 6.73. The monoisotopic (exact) mass is 314 g/mol. The molecule has 0 saturated carbocycles. The van der Waals surface area contributed by atoms with Gasteiger partial charge in [0, 0.05) is 16.8 Å². The number of halogens is 1. The highest BCUT2D eigenvalue weighted by atomic mass is 35.5. The molecule has 1 aromatic carbocycles. The predicted molar refractivity (Wildman–Crippen MR) is 80.5 cm³/mol. The Balaban J connectivity index is 2.86. The fourth-order valence-electron chi connectivity index (χ4n) is 1.63. The third kappa shape index (κ3) is 6.01. The molecule has 7 heteroatoms. The van der Waals surface area contributed by atoms with Gasteiger partial charge in [-0.15, -0.1) is 0 Å². The first-order valence-electron chi connectivity index (χ1n) is 6.35. The van der Waals surface area contributed by atoms with E-state index in [0.717, 1.165) is 0 Å². The third-order valence-corrected chi connectivity index (χ3v) is 2.78. The van der Waals surface area contributed by atoms with Gasteiger partial charge in [-0.25, -0.2) is 4.79 Å². The summed E-state index contributed by atoms with van der Waals surface area (Å²) in [6, 6.07) is 3.92. The molecule has 0 aliphatic heterocycles. The Labute approximate surface area is 128 Å². The number of nitrogens with one attached hydrogen (secondary N) is 1. The molecule has 0 aromatic heterocycles. The van der Waals surface area contributed by atoms with E-state index in [1.54, 1.807) is 39.0 Å². The first-order chi connectivity index (χ1) is 9.58. The van der Waals surface area contributed by atoms with Crippen molar-refractivity contribution in [3.05, 3.63) is 28.8 Å². The van der Waals surface area contributed by atoms with E-state index in [9.17, 15) is 9.59 Å². The molecule has 4 N–H and O–H groups in total. The van der Waals surface area contributed by atoms with Gasteiger partial charge in [-0.3, -0.25) is 10.1 Å². The van der Waals surface area contributed by atoms with Crippen LogP contribution in [-0.2, 0) is 9.53 Å². The van der Waals surface area contributed by atoms with Gasteiger partial charge in [0.15, 0.2) is 0 Å². The van der Waals surface area contributed by atoms with E-state index in [0.29, 0.717) is 16.3 Å². The molecule has 0 saturated heterocycles. The SMILES string of the molecule is CC(C)(C)OC(=O)Nc1ccc(Cl)c(C(N)CC(=O)O)c1. The number of nitrogens with two attached hydrogens (primary N) is 1. The van der Waals surface area contributed by atoms with E-state index < -0.39 is 23.7 Å². The number of carbonyl (C=O) groups excluding carboxylic acids is 1. The summed E-state index contributed by atoms with van der Waals surface area (Å²) >= 11 is 6.00. The van der Waals surface area contributed by atoms with Crippen LogP contribution in [0.1, 0.15) is 38.8 Å². The van der Waals surface area contributed by atoms with Gasteiger partial charge in [-0.05, 0) is 44.5 Å². The molecular weight excluding hydrogens is 296 g/mol. The number of hydrogen-bond acceptors (Lipinski definition) is 4. The topological polar surface area (TPSA) is 102 Å². The average Bonchev–Trinajstić information content (AvgIpc) is 2.28. The summed E-state index contributed by atoms with van der Waals surface area (Å²) in [5.41, 5.74) is 6.06. The Bertz CT molecular complexity index is 540. The lowest BCUT2D eigenvalue weighted by molar-refractivity contribution is -0.137. The van der Waals surface area contributed by atoms with Crippen LogP contribution in [0.5, 0.6) is 0 Å². The van der Waals surface area contributed by atoms with Crippen molar-refractivity contribution in [1.29, 1.82) is 0 Å². The van der Waals surface area contributed by atoms with Crippen LogP contribution in [0.25, 0.3) is 0 Å². The van der Waals surface area contributed by atoms with E-state index in [-0.39, 0.29) is 6.42 Å². The van der Waals surface area contributed by atoms with E-state index in [2.05, 4.69) is 5.32 Å². The summed E-state index contributed by atoms with van der Waals surface area (Å²) in [7, 11) is 0. The molecule has 1 rings (SSSR count). The molecule has 0 aliphatic rings. The van der Waals surface area contributed by atoms with Crippen LogP contribution in [0, 0.1) is 0 Å². The van der Waals surface area contributed by atoms with Gasteiger partial charge in [0.05, 0.1) is 6.42 Å². The Hall–Kier alpha value is -1.79. The number of rotatable bonds is 4. The van der Waals surface area contributed by atoms with Crippen LogP contribution < -0.4 is 11.1 Å². The van der Waals surface area contributed by atoms with Crippen LogP contribution >= 0.6 is 11.6 Å². The number of anilines is 1. The summed E-state index contributed by atoms with van der Waals surface area (Å²) in [4.78, 5) is 22.4. The minimum absolute atomic E-state index is 0.254. The van der Waals surface area contributed by atoms with Crippen molar-refractivity contribution < 1.29 is 19.4 Å². The number of carboxylic acids is 1. The fourth-order valence-corrected chi connectivity index (χ4v) is 1.88. The van der Waals surface area contributed by atoms with Gasteiger partial charge >= 0.3 is 12.1 Å². The van der Waals surface area contributed by atoms with Crippen molar-refractivity contribution in [2.24, 2.45) is 5.73 Å². The zero-order valence-electron chi connectivity index (χ0n) is 12.1. The van der Waals surface area contributed by atoms with E-state index >= 15 is 0 Å². The predicted octanol–water partition coefficient (Wildman–Crippen LogP) is 3.16. The normalized spacial score (nSPS) is 12.6. The van der Waals surface area contributed by atoms with Gasteiger partial charge in [-0.1, -0.05) is 11.6 Å². The summed E-state index contributed by atoms with van der Waals surface area (Å²) in [6.07, 6.45) is -0.863. The largest absolute Gasteiger partial charge is 0.481 e. The zero-order valence-corrected chi connectivity index (χ0v) is 12.9. The maximum Gasteiger partial charge on any atom is 0.412 e. The number of hydrogen-bond donors (Lipinski definition) is 3. The number of benzene rings is 1. The van der Waals surface area contributed by atoms with Gasteiger partial charge in [0.2, 0.25) is 0 Å². The number of carbonyl (C=O) groups is 2. The second-order valence-electron chi connectivity index (χ2n) is 5.57. The molecule has 0 bridgehead atoms. The Morgan fingerprint density at radius 2 is 2.05 bits per heavy atom. The van der Waals surface area contributed by atoms with Gasteiger partial charge < -0.3 is 15.6 Å². The van der Waals surface area contributed by atoms with Crippen LogP contribution in [0.3, 0.4) is 0 Å². The number of amides is 1. The Kier molecular flexibility index (Phi) is 5.57. The molecule has 6 nitrogen and oxygen atoms in total. The molecule has 21 heavy (non-hydrogen) atoms. The molecule has 1 amide bonds. The third-order valence-electron chi connectivity index (χ3n) is 2.44. The van der Waals surface area contributed by atoms with Gasteiger partial charge in [0.25, 0.3) is 0 Å². The second-order valence-corrected chi connectivity index (χ2v) is 5.97. The van der Waals surface area contributed by atoms with Crippen molar-refractivity contribution in [2.45, 2.75) is 38.8 Å². The summed E-state index contributed by atoms with van der Waals surface area (Å²) in [6.45, 7) is 5.26. The van der Waals surface area contributed by atoms with Crippen LogP contribution in [0.15, 0.2) is 18.2 Å². The minimum atomic E-state index is -1.02. The highest BCUT2D eigenvalue weighted by Gasteiger charge is 2.18. The summed E-state index contributed by atoms with van der Waals surface area (Å²) < 4.78 is 5.13. The van der Waals surface area contributed by atoms with Crippen LogP contribution in [0.4, 0.5) is 10.5 Å². The lowest BCUT2D eigenvalue weighted by atomic mass is 10.0. The van der Waals surface area contributed by atoms with Gasteiger partial charge in [-0.2, -0.15) is 0 Å². The molecule has 1 aromatic rings. The lowest BCUT2D eigenvalue weighted by Gasteiger charge is -2.20.